The molecule has 0 bridgehead atoms. The molecule has 2 rings (SSSR count). The molecule has 5 nitrogen and oxygen atoms in total. The maximum atomic E-state index is 11.9. The lowest BCUT2D eigenvalue weighted by Crippen LogP contribution is -2.56. The number of carbonyl (C=O) groups excluding carboxylic acids is 1. The van der Waals surface area contributed by atoms with Crippen molar-refractivity contribution in [3.8, 4) is 0 Å². The van der Waals surface area contributed by atoms with Gasteiger partial charge in [-0.05, 0) is 26.9 Å². The van der Waals surface area contributed by atoms with Crippen molar-refractivity contribution >= 4 is 5.97 Å². The van der Waals surface area contributed by atoms with Gasteiger partial charge in [-0.2, -0.15) is 0 Å². The average Bonchev–Trinajstić information content (AvgIpc) is 2.73. The lowest BCUT2D eigenvalue weighted by atomic mass is 9.91. The van der Waals surface area contributed by atoms with Crippen molar-refractivity contribution in [1.29, 1.82) is 0 Å². The van der Waals surface area contributed by atoms with Crippen LogP contribution in [0.4, 0.5) is 0 Å². The van der Waals surface area contributed by atoms with E-state index in [-0.39, 0.29) is 11.5 Å². The van der Waals surface area contributed by atoms with Crippen molar-refractivity contribution in [2.45, 2.75) is 25.3 Å². The van der Waals surface area contributed by atoms with E-state index in [1.807, 2.05) is 6.92 Å². The number of nitrogens with zero attached hydrogens (tertiary/aromatic N) is 2. The number of carbonyl (C=O) groups is 1. The van der Waals surface area contributed by atoms with Crippen molar-refractivity contribution in [2.24, 2.45) is 0 Å². The van der Waals surface area contributed by atoms with Gasteiger partial charge in [0, 0.05) is 25.2 Å². The summed E-state index contributed by atoms with van der Waals surface area (Å²) in [5, 5.41) is 0. The normalized spacial score (nSPS) is 30.6. The van der Waals surface area contributed by atoms with Crippen molar-refractivity contribution in [1.82, 2.24) is 9.80 Å². The van der Waals surface area contributed by atoms with Crippen LogP contribution in [-0.4, -0.2) is 74.4 Å². The molecule has 18 heavy (non-hydrogen) atoms. The molecule has 2 aliphatic heterocycles. The predicted octanol–water partition coefficient (Wildman–Crippen LogP) is 0.346. The molecule has 2 heterocycles. The zero-order chi connectivity index (χ0) is 13.0. The van der Waals surface area contributed by atoms with Gasteiger partial charge in [-0.25, -0.2) is 0 Å². The van der Waals surface area contributed by atoms with Crippen molar-refractivity contribution in [2.75, 3.05) is 53.0 Å². The summed E-state index contributed by atoms with van der Waals surface area (Å²) >= 11 is 0. The highest BCUT2D eigenvalue weighted by atomic mass is 16.5. The van der Waals surface area contributed by atoms with E-state index in [9.17, 15) is 4.79 Å². The molecule has 0 aromatic carbocycles. The fraction of sp³-hybridized carbons (Fsp3) is 0.923. The van der Waals surface area contributed by atoms with Crippen LogP contribution in [0.3, 0.4) is 0 Å². The molecule has 0 radical (unpaired) electrons. The van der Waals surface area contributed by atoms with Gasteiger partial charge in [0.25, 0.3) is 0 Å². The summed E-state index contributed by atoms with van der Waals surface area (Å²) in [5.74, 6) is -0.0701. The molecule has 1 unspecified atom stereocenters. The third kappa shape index (κ3) is 3.02. The summed E-state index contributed by atoms with van der Waals surface area (Å²) in [6.45, 7) is 7.72. The van der Waals surface area contributed by atoms with E-state index in [0.29, 0.717) is 13.0 Å². The van der Waals surface area contributed by atoms with Crippen LogP contribution in [0, 0.1) is 0 Å². The minimum absolute atomic E-state index is 0.0369. The minimum Gasteiger partial charge on any atom is -0.466 e. The molecule has 0 saturated carbocycles. The number of hydrogen-bond donors (Lipinski definition) is 0. The lowest BCUT2D eigenvalue weighted by molar-refractivity contribution is -0.147. The van der Waals surface area contributed by atoms with E-state index in [0.717, 1.165) is 45.8 Å². The number of rotatable bonds is 4. The lowest BCUT2D eigenvalue weighted by Gasteiger charge is -2.42. The number of likely N-dealkylation sites (N-methyl/N-ethyl adjacent to an activating group) is 1. The molecule has 0 aromatic rings. The Morgan fingerprint density at radius 1 is 1.33 bits per heavy atom. The standard InChI is InChI=1S/C13H24N2O3/c1-3-18-12(16)10-13(4-5-14(2)11-13)15-6-8-17-9-7-15/h3-11H2,1-2H3. The van der Waals surface area contributed by atoms with Gasteiger partial charge in [-0.1, -0.05) is 0 Å². The maximum absolute atomic E-state index is 11.9. The Hall–Kier alpha value is -0.650. The summed E-state index contributed by atoms with van der Waals surface area (Å²) in [6.07, 6.45) is 1.55. The van der Waals surface area contributed by atoms with Crippen LogP contribution in [0.15, 0.2) is 0 Å². The molecular formula is C13H24N2O3. The van der Waals surface area contributed by atoms with E-state index in [1.54, 1.807) is 0 Å². The average molecular weight is 256 g/mol. The van der Waals surface area contributed by atoms with Crippen molar-refractivity contribution < 1.29 is 14.3 Å². The highest BCUT2D eigenvalue weighted by Crippen LogP contribution is 2.31. The zero-order valence-corrected chi connectivity index (χ0v) is 11.5. The SMILES string of the molecule is CCOC(=O)CC1(N2CCOCC2)CCN(C)C1. The third-order valence-electron chi connectivity index (χ3n) is 3.98. The Bertz CT molecular complexity index is 292. The molecular weight excluding hydrogens is 232 g/mol. The number of esters is 1. The molecule has 0 aliphatic carbocycles. The van der Waals surface area contributed by atoms with E-state index >= 15 is 0 Å². The minimum atomic E-state index is -0.0701. The summed E-state index contributed by atoms with van der Waals surface area (Å²) in [7, 11) is 2.12. The van der Waals surface area contributed by atoms with E-state index in [4.69, 9.17) is 9.47 Å². The second kappa shape index (κ2) is 5.99. The number of morpholine rings is 1. The Morgan fingerprint density at radius 3 is 2.61 bits per heavy atom. The first-order valence-corrected chi connectivity index (χ1v) is 6.83. The molecule has 104 valence electrons. The quantitative estimate of drug-likeness (QED) is 0.679. The summed E-state index contributed by atoms with van der Waals surface area (Å²) in [6, 6.07) is 0. The Balaban J connectivity index is 2.05. The van der Waals surface area contributed by atoms with Gasteiger partial charge >= 0.3 is 5.97 Å². The zero-order valence-electron chi connectivity index (χ0n) is 11.5. The van der Waals surface area contributed by atoms with Crippen LogP contribution < -0.4 is 0 Å². The smallest absolute Gasteiger partial charge is 0.307 e. The summed E-state index contributed by atoms with van der Waals surface area (Å²) in [4.78, 5) is 16.6. The fourth-order valence-corrected chi connectivity index (χ4v) is 3.09. The highest BCUT2D eigenvalue weighted by Gasteiger charge is 2.44. The Morgan fingerprint density at radius 2 is 2.06 bits per heavy atom. The first-order chi connectivity index (χ1) is 8.66. The van der Waals surface area contributed by atoms with Gasteiger partial charge < -0.3 is 14.4 Å². The summed E-state index contributed by atoms with van der Waals surface area (Å²) in [5.41, 5.74) is -0.0369. The first kappa shape index (κ1) is 13.8. The molecule has 1 atom stereocenters. The van der Waals surface area contributed by atoms with Crippen LogP contribution in [0.25, 0.3) is 0 Å². The van der Waals surface area contributed by atoms with Crippen LogP contribution in [0.5, 0.6) is 0 Å². The van der Waals surface area contributed by atoms with Gasteiger partial charge in [0.15, 0.2) is 0 Å². The van der Waals surface area contributed by atoms with E-state index in [1.165, 1.54) is 0 Å². The third-order valence-corrected chi connectivity index (χ3v) is 3.98. The fourth-order valence-electron chi connectivity index (χ4n) is 3.09. The van der Waals surface area contributed by atoms with Gasteiger partial charge in [0.1, 0.15) is 0 Å². The molecule has 0 amide bonds. The molecule has 0 N–H and O–H groups in total. The second-order valence-electron chi connectivity index (χ2n) is 5.29. The number of hydrogen-bond acceptors (Lipinski definition) is 5. The highest BCUT2D eigenvalue weighted by molar-refractivity contribution is 5.71. The monoisotopic (exact) mass is 256 g/mol. The molecule has 2 saturated heterocycles. The van der Waals surface area contributed by atoms with Gasteiger partial charge in [-0.15, -0.1) is 0 Å². The number of likely N-dealkylation sites (tertiary alicyclic amines) is 1. The van der Waals surface area contributed by atoms with E-state index < -0.39 is 0 Å². The Labute approximate surface area is 109 Å². The van der Waals surface area contributed by atoms with Crippen molar-refractivity contribution in [3.63, 3.8) is 0 Å². The largest absolute Gasteiger partial charge is 0.466 e. The molecule has 5 heteroatoms. The van der Waals surface area contributed by atoms with Crippen LogP contribution in [-0.2, 0) is 14.3 Å². The molecule has 2 aliphatic rings. The molecule has 0 aromatic heterocycles. The number of ether oxygens (including phenoxy) is 2. The van der Waals surface area contributed by atoms with Crippen LogP contribution >= 0.6 is 0 Å². The van der Waals surface area contributed by atoms with Crippen LogP contribution in [0.1, 0.15) is 19.8 Å². The van der Waals surface area contributed by atoms with Gasteiger partial charge in [-0.3, -0.25) is 9.69 Å². The topological polar surface area (TPSA) is 42.0 Å². The molecule has 2 fully saturated rings. The van der Waals surface area contributed by atoms with Gasteiger partial charge in [0.05, 0.1) is 26.2 Å². The van der Waals surface area contributed by atoms with Gasteiger partial charge in [0.2, 0.25) is 0 Å². The summed E-state index contributed by atoms with van der Waals surface area (Å²) < 4.78 is 10.6. The van der Waals surface area contributed by atoms with Crippen LogP contribution in [0.2, 0.25) is 0 Å². The van der Waals surface area contributed by atoms with Crippen molar-refractivity contribution in [3.05, 3.63) is 0 Å². The second-order valence-corrected chi connectivity index (χ2v) is 5.29. The first-order valence-electron chi connectivity index (χ1n) is 6.83. The maximum Gasteiger partial charge on any atom is 0.307 e. The van der Waals surface area contributed by atoms with E-state index in [2.05, 4.69) is 16.8 Å². The Kier molecular flexibility index (Phi) is 4.59. The predicted molar refractivity (Wildman–Crippen MR) is 68.5 cm³/mol. The molecule has 0 spiro atoms.